The highest BCUT2D eigenvalue weighted by atomic mass is 35.5. The van der Waals surface area contributed by atoms with Crippen LogP contribution in [0.3, 0.4) is 0 Å². The molecule has 4 nitrogen and oxygen atoms in total. The van der Waals surface area contributed by atoms with Gasteiger partial charge in [-0.1, -0.05) is 11.6 Å². The minimum Gasteiger partial charge on any atom is -0.478 e. The average molecular weight is 295 g/mol. The molecule has 19 heavy (non-hydrogen) atoms. The van der Waals surface area contributed by atoms with Gasteiger partial charge >= 0.3 is 5.97 Å². The third kappa shape index (κ3) is 2.43. The first-order chi connectivity index (χ1) is 9.13. The molecule has 1 heterocycles. The molecule has 0 spiro atoms. The van der Waals surface area contributed by atoms with E-state index in [9.17, 15) is 4.79 Å². The number of carbonyl (C=O) groups is 1. The van der Waals surface area contributed by atoms with Gasteiger partial charge < -0.3 is 10.4 Å². The molecule has 1 aliphatic carbocycles. The molecule has 0 fully saturated rings. The first-order valence-electron chi connectivity index (χ1n) is 5.92. The number of aromatic carboxylic acids is 1. The Bertz CT molecular complexity index is 633. The second-order valence-electron chi connectivity index (χ2n) is 4.36. The monoisotopic (exact) mass is 294 g/mol. The molecule has 1 aliphatic rings. The van der Waals surface area contributed by atoms with Crippen molar-refractivity contribution in [3.8, 4) is 0 Å². The number of nitrogens with one attached hydrogen (secondary N) is 1. The van der Waals surface area contributed by atoms with Crippen LogP contribution in [0, 0.1) is 0 Å². The van der Waals surface area contributed by atoms with Crippen molar-refractivity contribution < 1.29 is 9.90 Å². The number of nitrogens with zero attached hydrogens (tertiary/aromatic N) is 1. The van der Waals surface area contributed by atoms with Gasteiger partial charge in [0, 0.05) is 9.90 Å². The number of hydrogen-bond donors (Lipinski definition) is 2. The summed E-state index contributed by atoms with van der Waals surface area (Å²) >= 11 is 7.41. The first kappa shape index (κ1) is 12.4. The second kappa shape index (κ2) is 4.83. The molecule has 0 aliphatic heterocycles. The number of benzene rings is 1. The van der Waals surface area contributed by atoms with Crippen molar-refractivity contribution in [2.75, 3.05) is 5.32 Å². The van der Waals surface area contributed by atoms with Crippen molar-refractivity contribution in [2.24, 2.45) is 0 Å². The molecule has 0 bridgehead atoms. The second-order valence-corrected chi connectivity index (χ2v) is 5.88. The average Bonchev–Trinajstić information content (AvgIpc) is 2.91. The zero-order valence-electron chi connectivity index (χ0n) is 9.94. The topological polar surface area (TPSA) is 62.2 Å². The van der Waals surface area contributed by atoms with Crippen molar-refractivity contribution in [3.05, 3.63) is 39.4 Å². The van der Waals surface area contributed by atoms with E-state index in [1.807, 2.05) is 0 Å². The number of aryl methyl sites for hydroxylation is 2. The first-order valence-corrected chi connectivity index (χ1v) is 7.11. The highest BCUT2D eigenvalue weighted by Gasteiger charge is 2.18. The molecule has 2 aromatic rings. The lowest BCUT2D eigenvalue weighted by Gasteiger charge is -2.07. The van der Waals surface area contributed by atoms with E-state index in [4.69, 9.17) is 16.7 Å². The predicted molar refractivity (Wildman–Crippen MR) is 75.8 cm³/mol. The smallest absolute Gasteiger partial charge is 0.337 e. The highest BCUT2D eigenvalue weighted by Crippen LogP contribution is 2.33. The van der Waals surface area contributed by atoms with E-state index in [0.29, 0.717) is 10.7 Å². The van der Waals surface area contributed by atoms with Gasteiger partial charge in [-0.25, -0.2) is 9.78 Å². The maximum absolute atomic E-state index is 11.2. The van der Waals surface area contributed by atoms with Crippen molar-refractivity contribution in [2.45, 2.75) is 19.3 Å². The Morgan fingerprint density at radius 1 is 1.42 bits per heavy atom. The Labute approximate surface area is 119 Å². The van der Waals surface area contributed by atoms with Crippen LogP contribution in [0.25, 0.3) is 0 Å². The van der Waals surface area contributed by atoms with Gasteiger partial charge in [0.1, 0.15) is 0 Å². The molecular formula is C13H11ClN2O2S. The maximum Gasteiger partial charge on any atom is 0.337 e. The van der Waals surface area contributed by atoms with Gasteiger partial charge in [-0.2, -0.15) is 0 Å². The molecule has 1 aromatic heterocycles. The van der Waals surface area contributed by atoms with Gasteiger partial charge in [-0.15, -0.1) is 11.3 Å². The Morgan fingerprint density at radius 2 is 2.26 bits per heavy atom. The van der Waals surface area contributed by atoms with Gasteiger partial charge in [-0.05, 0) is 37.5 Å². The standard InChI is InChI=1S/C13H11ClN2O2S/c14-7-4-5-9(8(6-7)12(17)18)15-13-16-10-2-1-3-11(10)19-13/h4-6H,1-3H2,(H,15,16)(H,17,18). The third-order valence-electron chi connectivity index (χ3n) is 3.05. The van der Waals surface area contributed by atoms with Gasteiger partial charge in [0.05, 0.1) is 16.9 Å². The van der Waals surface area contributed by atoms with E-state index in [2.05, 4.69) is 10.3 Å². The number of halogens is 1. The number of carboxylic acids is 1. The van der Waals surface area contributed by atoms with Crippen LogP contribution < -0.4 is 5.32 Å². The van der Waals surface area contributed by atoms with Crippen molar-refractivity contribution in [1.29, 1.82) is 0 Å². The van der Waals surface area contributed by atoms with Crippen LogP contribution in [-0.4, -0.2) is 16.1 Å². The minimum absolute atomic E-state index is 0.155. The minimum atomic E-state index is -1.01. The lowest BCUT2D eigenvalue weighted by molar-refractivity contribution is 0.0698. The van der Waals surface area contributed by atoms with Gasteiger partial charge in [-0.3, -0.25) is 0 Å². The number of rotatable bonds is 3. The van der Waals surface area contributed by atoms with Crippen LogP contribution >= 0.6 is 22.9 Å². The molecular weight excluding hydrogens is 284 g/mol. The Morgan fingerprint density at radius 3 is 3.00 bits per heavy atom. The number of fused-ring (bicyclic) bond motifs is 1. The fraction of sp³-hybridized carbons (Fsp3) is 0.231. The Hall–Kier alpha value is -1.59. The van der Waals surface area contributed by atoms with Gasteiger partial charge in [0.15, 0.2) is 5.13 Å². The summed E-state index contributed by atoms with van der Waals surface area (Å²) in [6.45, 7) is 0. The van der Waals surface area contributed by atoms with Crippen molar-refractivity contribution >= 4 is 39.7 Å². The van der Waals surface area contributed by atoms with E-state index in [1.54, 1.807) is 23.5 Å². The fourth-order valence-electron chi connectivity index (χ4n) is 2.16. The zero-order valence-corrected chi connectivity index (χ0v) is 11.5. The molecule has 98 valence electrons. The van der Waals surface area contributed by atoms with E-state index >= 15 is 0 Å². The summed E-state index contributed by atoms with van der Waals surface area (Å²) in [5, 5.41) is 13.4. The van der Waals surface area contributed by atoms with Crippen LogP contribution in [0.2, 0.25) is 5.02 Å². The van der Waals surface area contributed by atoms with Crippen LogP contribution in [0.1, 0.15) is 27.3 Å². The fourth-order valence-corrected chi connectivity index (χ4v) is 3.40. The molecule has 1 aromatic carbocycles. The molecule has 0 radical (unpaired) electrons. The Kier molecular flexibility index (Phi) is 3.16. The van der Waals surface area contributed by atoms with Crippen LogP contribution in [-0.2, 0) is 12.8 Å². The van der Waals surface area contributed by atoms with Crippen molar-refractivity contribution in [1.82, 2.24) is 4.98 Å². The summed E-state index contributed by atoms with van der Waals surface area (Å²) in [7, 11) is 0. The summed E-state index contributed by atoms with van der Waals surface area (Å²) < 4.78 is 0. The SMILES string of the molecule is O=C(O)c1cc(Cl)ccc1Nc1nc2c(s1)CCC2. The predicted octanol–water partition coefficient (Wildman–Crippen LogP) is 3.73. The van der Waals surface area contributed by atoms with E-state index in [0.717, 1.165) is 30.1 Å². The number of aromatic nitrogens is 1. The van der Waals surface area contributed by atoms with Crippen LogP contribution in [0.15, 0.2) is 18.2 Å². The van der Waals surface area contributed by atoms with Crippen LogP contribution in [0.4, 0.5) is 10.8 Å². The van der Waals surface area contributed by atoms with Gasteiger partial charge in [0.25, 0.3) is 0 Å². The lowest BCUT2D eigenvalue weighted by atomic mass is 10.2. The number of anilines is 2. The number of thiazole rings is 1. The molecule has 0 saturated heterocycles. The molecule has 0 saturated carbocycles. The molecule has 0 unspecified atom stereocenters. The summed E-state index contributed by atoms with van der Waals surface area (Å²) in [6, 6.07) is 4.77. The zero-order chi connectivity index (χ0) is 13.4. The third-order valence-corrected chi connectivity index (χ3v) is 4.36. The van der Waals surface area contributed by atoms with E-state index in [1.165, 1.54) is 10.9 Å². The molecule has 0 atom stereocenters. The van der Waals surface area contributed by atoms with Gasteiger partial charge in [0.2, 0.25) is 0 Å². The number of carboxylic acid groups (broad SMARTS) is 1. The molecule has 3 rings (SSSR count). The lowest BCUT2D eigenvalue weighted by Crippen LogP contribution is -2.02. The molecule has 6 heteroatoms. The summed E-state index contributed by atoms with van der Waals surface area (Å²) in [6.07, 6.45) is 3.25. The quantitative estimate of drug-likeness (QED) is 0.905. The van der Waals surface area contributed by atoms with Crippen LogP contribution in [0.5, 0.6) is 0 Å². The van der Waals surface area contributed by atoms with Crippen molar-refractivity contribution in [3.63, 3.8) is 0 Å². The summed E-state index contributed by atoms with van der Waals surface area (Å²) in [5.41, 5.74) is 1.81. The summed E-state index contributed by atoms with van der Waals surface area (Å²) in [5.74, 6) is -1.01. The maximum atomic E-state index is 11.2. The summed E-state index contributed by atoms with van der Waals surface area (Å²) in [4.78, 5) is 17.0. The largest absolute Gasteiger partial charge is 0.478 e. The van der Waals surface area contributed by atoms with E-state index in [-0.39, 0.29) is 5.56 Å². The Balaban J connectivity index is 1.92. The number of hydrogen-bond acceptors (Lipinski definition) is 4. The normalized spacial score (nSPS) is 13.3. The molecule has 2 N–H and O–H groups in total. The highest BCUT2D eigenvalue weighted by molar-refractivity contribution is 7.15. The van der Waals surface area contributed by atoms with E-state index < -0.39 is 5.97 Å². The molecule has 0 amide bonds.